The first-order chi connectivity index (χ1) is 8.91. The van der Waals surface area contributed by atoms with E-state index in [-0.39, 0.29) is 6.04 Å². The Morgan fingerprint density at radius 2 is 2.05 bits per heavy atom. The van der Waals surface area contributed by atoms with E-state index in [1.54, 1.807) is 6.92 Å². The van der Waals surface area contributed by atoms with Gasteiger partial charge in [0.05, 0.1) is 5.92 Å². The zero-order valence-corrected chi connectivity index (χ0v) is 12.1. The molecule has 2 rings (SSSR count). The van der Waals surface area contributed by atoms with E-state index >= 15 is 0 Å². The fourth-order valence-corrected chi connectivity index (χ4v) is 2.66. The molecule has 19 heavy (non-hydrogen) atoms. The van der Waals surface area contributed by atoms with E-state index < -0.39 is 11.9 Å². The average molecular weight is 280 g/mol. The first-order valence-corrected chi connectivity index (χ1v) is 6.80. The second-order valence-electron chi connectivity index (χ2n) is 5.22. The molecule has 102 valence electrons. The summed E-state index contributed by atoms with van der Waals surface area (Å²) in [7, 11) is 0. The van der Waals surface area contributed by atoms with Crippen LogP contribution in [0.1, 0.15) is 32.5 Å². The lowest BCUT2D eigenvalue weighted by atomic mass is 10.1. The Kier molecular flexibility index (Phi) is 3.85. The minimum absolute atomic E-state index is 0.270. The number of aromatic nitrogens is 1. The van der Waals surface area contributed by atoms with Gasteiger partial charge in [-0.25, -0.2) is 0 Å². The van der Waals surface area contributed by atoms with E-state index in [4.69, 9.17) is 16.7 Å². The number of benzene rings is 1. The van der Waals surface area contributed by atoms with Crippen LogP contribution in [0.5, 0.6) is 0 Å². The van der Waals surface area contributed by atoms with E-state index in [0.29, 0.717) is 11.4 Å². The van der Waals surface area contributed by atoms with Gasteiger partial charge in [0.1, 0.15) is 0 Å². The van der Waals surface area contributed by atoms with Gasteiger partial charge in [-0.2, -0.15) is 0 Å². The van der Waals surface area contributed by atoms with Crippen molar-refractivity contribution < 1.29 is 9.90 Å². The summed E-state index contributed by atoms with van der Waals surface area (Å²) >= 11 is 6.22. The van der Waals surface area contributed by atoms with Gasteiger partial charge in [0.25, 0.3) is 0 Å². The van der Waals surface area contributed by atoms with Crippen LogP contribution >= 0.6 is 11.6 Å². The predicted molar refractivity (Wildman–Crippen MR) is 77.8 cm³/mol. The third-order valence-electron chi connectivity index (χ3n) is 3.36. The average Bonchev–Trinajstić information content (AvgIpc) is 2.68. The summed E-state index contributed by atoms with van der Waals surface area (Å²) in [5.41, 5.74) is 2.09. The summed E-state index contributed by atoms with van der Waals surface area (Å²) in [5, 5.41) is 10.8. The molecule has 0 saturated carbocycles. The van der Waals surface area contributed by atoms with Crippen LogP contribution in [0, 0.1) is 5.92 Å². The molecule has 1 unspecified atom stereocenters. The maximum absolute atomic E-state index is 11.0. The molecule has 3 nitrogen and oxygen atoms in total. The number of aliphatic carboxylic acids is 1. The molecule has 0 fully saturated rings. The van der Waals surface area contributed by atoms with E-state index in [1.807, 2.05) is 24.3 Å². The lowest BCUT2D eigenvalue weighted by Gasteiger charge is -2.16. The van der Waals surface area contributed by atoms with Crippen molar-refractivity contribution in [3.63, 3.8) is 0 Å². The molecule has 1 aromatic heterocycles. The van der Waals surface area contributed by atoms with Gasteiger partial charge < -0.3 is 9.67 Å². The summed E-state index contributed by atoms with van der Waals surface area (Å²) in [5.74, 6) is -1.17. The SMILES string of the molecule is CC(Cc1cc2c(Cl)cccc2n1C(C)C)C(=O)O. The smallest absolute Gasteiger partial charge is 0.306 e. The van der Waals surface area contributed by atoms with Gasteiger partial charge in [-0.15, -0.1) is 0 Å². The molecule has 1 atom stereocenters. The van der Waals surface area contributed by atoms with Crippen molar-refractivity contribution in [3.8, 4) is 0 Å². The molecule has 0 aliphatic carbocycles. The van der Waals surface area contributed by atoms with Crippen molar-refractivity contribution in [1.29, 1.82) is 0 Å². The lowest BCUT2D eigenvalue weighted by Crippen LogP contribution is -2.15. The van der Waals surface area contributed by atoms with Crippen LogP contribution in [0.3, 0.4) is 0 Å². The maximum atomic E-state index is 11.0. The third-order valence-corrected chi connectivity index (χ3v) is 3.69. The van der Waals surface area contributed by atoms with Crippen molar-refractivity contribution in [1.82, 2.24) is 4.57 Å². The number of carboxylic acid groups (broad SMARTS) is 1. The highest BCUT2D eigenvalue weighted by Gasteiger charge is 2.18. The Morgan fingerprint density at radius 3 is 2.63 bits per heavy atom. The summed E-state index contributed by atoms with van der Waals surface area (Å²) in [6.45, 7) is 5.91. The maximum Gasteiger partial charge on any atom is 0.306 e. The van der Waals surface area contributed by atoms with Gasteiger partial charge in [-0.1, -0.05) is 24.6 Å². The zero-order valence-electron chi connectivity index (χ0n) is 11.4. The standard InChI is InChI=1S/C15H18ClNO2/c1-9(2)17-11(7-10(3)15(18)19)8-12-13(16)5-4-6-14(12)17/h4-6,8-10H,7H2,1-3H3,(H,18,19). The van der Waals surface area contributed by atoms with Crippen LogP contribution in [0.25, 0.3) is 10.9 Å². The van der Waals surface area contributed by atoms with Gasteiger partial charge in [0.15, 0.2) is 0 Å². The number of hydrogen-bond donors (Lipinski definition) is 1. The van der Waals surface area contributed by atoms with E-state index in [0.717, 1.165) is 16.6 Å². The van der Waals surface area contributed by atoms with Crippen molar-refractivity contribution in [2.24, 2.45) is 5.92 Å². The summed E-state index contributed by atoms with van der Waals surface area (Å²) < 4.78 is 2.17. The number of nitrogens with zero attached hydrogens (tertiary/aromatic N) is 1. The van der Waals surface area contributed by atoms with Gasteiger partial charge in [0.2, 0.25) is 0 Å². The predicted octanol–water partition coefficient (Wildman–Crippen LogP) is 4.14. The molecular formula is C15H18ClNO2. The summed E-state index contributed by atoms with van der Waals surface area (Å²) in [6, 6.07) is 8.09. The number of hydrogen-bond acceptors (Lipinski definition) is 1. The second kappa shape index (κ2) is 5.25. The van der Waals surface area contributed by atoms with Crippen molar-refractivity contribution >= 4 is 28.5 Å². The molecule has 4 heteroatoms. The largest absolute Gasteiger partial charge is 0.481 e. The molecule has 0 amide bonds. The van der Waals surface area contributed by atoms with Crippen LogP contribution in [-0.2, 0) is 11.2 Å². The number of carbonyl (C=O) groups is 1. The van der Waals surface area contributed by atoms with E-state index in [2.05, 4.69) is 18.4 Å². The number of halogens is 1. The van der Waals surface area contributed by atoms with Crippen LogP contribution in [0.4, 0.5) is 0 Å². The molecule has 0 spiro atoms. The highest BCUT2D eigenvalue weighted by molar-refractivity contribution is 6.35. The number of rotatable bonds is 4. The van der Waals surface area contributed by atoms with Crippen LogP contribution < -0.4 is 0 Å². The Labute approximate surface area is 117 Å². The monoisotopic (exact) mass is 279 g/mol. The quantitative estimate of drug-likeness (QED) is 0.914. The lowest BCUT2D eigenvalue weighted by molar-refractivity contribution is -0.141. The fourth-order valence-electron chi connectivity index (χ4n) is 2.44. The molecule has 0 bridgehead atoms. The molecule has 1 N–H and O–H groups in total. The van der Waals surface area contributed by atoms with Gasteiger partial charge in [-0.05, 0) is 32.0 Å². The minimum Gasteiger partial charge on any atom is -0.481 e. The Bertz CT molecular complexity index is 616. The molecule has 0 radical (unpaired) electrons. The minimum atomic E-state index is -0.772. The van der Waals surface area contributed by atoms with Crippen molar-refractivity contribution in [3.05, 3.63) is 35.0 Å². The molecule has 2 aromatic rings. The van der Waals surface area contributed by atoms with Crippen LogP contribution in [0.15, 0.2) is 24.3 Å². The molecule has 1 aromatic carbocycles. The Morgan fingerprint density at radius 1 is 1.37 bits per heavy atom. The van der Waals surface area contributed by atoms with Crippen molar-refractivity contribution in [2.45, 2.75) is 33.2 Å². The zero-order chi connectivity index (χ0) is 14.2. The number of fused-ring (bicyclic) bond motifs is 1. The van der Waals surface area contributed by atoms with Crippen LogP contribution in [0.2, 0.25) is 5.02 Å². The van der Waals surface area contributed by atoms with Crippen molar-refractivity contribution in [2.75, 3.05) is 0 Å². The second-order valence-corrected chi connectivity index (χ2v) is 5.62. The Balaban J connectivity index is 2.57. The Hall–Kier alpha value is -1.48. The first-order valence-electron chi connectivity index (χ1n) is 6.43. The number of carboxylic acids is 1. The normalized spacial score (nSPS) is 13.1. The van der Waals surface area contributed by atoms with Crippen LogP contribution in [-0.4, -0.2) is 15.6 Å². The highest BCUT2D eigenvalue weighted by atomic mass is 35.5. The fraction of sp³-hybridized carbons (Fsp3) is 0.400. The third kappa shape index (κ3) is 2.61. The molecule has 0 saturated heterocycles. The van der Waals surface area contributed by atoms with E-state index in [9.17, 15) is 4.79 Å². The molecular weight excluding hydrogens is 262 g/mol. The topological polar surface area (TPSA) is 42.2 Å². The summed E-state index contributed by atoms with van der Waals surface area (Å²) in [4.78, 5) is 11.0. The molecule has 0 aliphatic rings. The highest BCUT2D eigenvalue weighted by Crippen LogP contribution is 2.30. The van der Waals surface area contributed by atoms with Gasteiger partial charge >= 0.3 is 5.97 Å². The summed E-state index contributed by atoms with van der Waals surface area (Å²) in [6.07, 6.45) is 0.512. The molecule has 1 heterocycles. The van der Waals surface area contributed by atoms with E-state index in [1.165, 1.54) is 0 Å². The van der Waals surface area contributed by atoms with Gasteiger partial charge in [-0.3, -0.25) is 4.79 Å². The molecule has 0 aliphatic heterocycles. The first kappa shape index (κ1) is 13.9. The van der Waals surface area contributed by atoms with Gasteiger partial charge in [0, 0.05) is 34.1 Å².